The van der Waals surface area contributed by atoms with Crippen molar-refractivity contribution in [2.45, 2.75) is 57.4 Å². The molecule has 3 nitrogen and oxygen atoms in total. The third-order valence-corrected chi connectivity index (χ3v) is 3.64. The van der Waals surface area contributed by atoms with Crippen molar-refractivity contribution in [3.63, 3.8) is 0 Å². The molecule has 0 radical (unpaired) electrons. The van der Waals surface area contributed by atoms with Crippen LogP contribution in [0.5, 0.6) is 0 Å². The molecule has 2 atom stereocenters. The maximum absolute atomic E-state index is 11.6. The van der Waals surface area contributed by atoms with Gasteiger partial charge in [0.25, 0.3) is 5.91 Å². The summed E-state index contributed by atoms with van der Waals surface area (Å²) in [4.78, 5) is 22.9. The molecule has 1 saturated heterocycles. The summed E-state index contributed by atoms with van der Waals surface area (Å²) in [6.45, 7) is 0. The molecule has 1 heterocycles. The van der Waals surface area contributed by atoms with E-state index in [9.17, 15) is 9.59 Å². The largest absolute Gasteiger partial charge is 0.346 e. The van der Waals surface area contributed by atoms with Gasteiger partial charge in [-0.15, -0.1) is 0 Å². The molecule has 1 saturated carbocycles. The van der Waals surface area contributed by atoms with Crippen LogP contribution in [0.4, 0.5) is 0 Å². The van der Waals surface area contributed by atoms with Crippen LogP contribution < -0.4 is 5.32 Å². The van der Waals surface area contributed by atoms with Crippen molar-refractivity contribution < 1.29 is 9.59 Å². The van der Waals surface area contributed by atoms with Crippen molar-refractivity contribution in [2.24, 2.45) is 5.92 Å². The molecule has 2 fully saturated rings. The minimum atomic E-state index is -0.343. The Hall–Kier alpha value is -0.860. The predicted octanol–water partition coefficient (Wildman–Crippen LogP) is 1.80. The molecule has 84 valence electrons. The summed E-state index contributed by atoms with van der Waals surface area (Å²) >= 11 is 0. The quantitative estimate of drug-likeness (QED) is 0.618. The highest BCUT2D eigenvalue weighted by atomic mass is 16.2. The minimum absolute atomic E-state index is 0.0180. The molecule has 0 bridgehead atoms. The van der Waals surface area contributed by atoms with Crippen molar-refractivity contribution in [1.29, 1.82) is 0 Å². The number of carbonyl (C=O) groups excluding carboxylic acids is 2. The number of rotatable bonds is 0. The van der Waals surface area contributed by atoms with Gasteiger partial charge in [0, 0.05) is 12.0 Å². The van der Waals surface area contributed by atoms with Gasteiger partial charge in [-0.05, 0) is 12.8 Å². The molecule has 3 heteroatoms. The van der Waals surface area contributed by atoms with E-state index < -0.39 is 0 Å². The Bertz CT molecular complexity index is 262. The second-order valence-electron chi connectivity index (χ2n) is 4.75. The van der Waals surface area contributed by atoms with Crippen LogP contribution in [0.25, 0.3) is 0 Å². The second kappa shape index (κ2) is 4.77. The normalized spacial score (nSPS) is 33.3. The summed E-state index contributed by atoms with van der Waals surface area (Å²) in [5.74, 6) is -0.527. The van der Waals surface area contributed by atoms with Crippen LogP contribution >= 0.6 is 0 Å². The highest BCUT2D eigenvalue weighted by Crippen LogP contribution is 2.26. The van der Waals surface area contributed by atoms with Crippen molar-refractivity contribution in [2.75, 3.05) is 0 Å². The van der Waals surface area contributed by atoms with Gasteiger partial charge in [-0.2, -0.15) is 0 Å². The number of fused-ring (bicyclic) bond motifs is 1. The Morgan fingerprint density at radius 3 is 2.20 bits per heavy atom. The third-order valence-electron chi connectivity index (χ3n) is 3.64. The molecule has 0 aromatic carbocycles. The zero-order valence-corrected chi connectivity index (χ0v) is 9.13. The first-order valence-electron chi connectivity index (χ1n) is 6.14. The Labute approximate surface area is 90.6 Å². The van der Waals surface area contributed by atoms with Crippen LogP contribution in [0.1, 0.15) is 51.4 Å². The van der Waals surface area contributed by atoms with Gasteiger partial charge in [0.05, 0.1) is 0 Å². The van der Waals surface area contributed by atoms with Crippen molar-refractivity contribution >= 4 is 11.7 Å². The van der Waals surface area contributed by atoms with E-state index in [2.05, 4.69) is 5.32 Å². The highest BCUT2D eigenvalue weighted by Gasteiger charge is 2.39. The Kier molecular flexibility index (Phi) is 3.39. The summed E-state index contributed by atoms with van der Waals surface area (Å²) in [5.41, 5.74) is 0. The van der Waals surface area contributed by atoms with Crippen LogP contribution in [0.2, 0.25) is 0 Å². The number of hydrogen-bond donors (Lipinski definition) is 1. The van der Waals surface area contributed by atoms with E-state index in [0.717, 1.165) is 25.7 Å². The maximum atomic E-state index is 11.6. The Morgan fingerprint density at radius 2 is 1.47 bits per heavy atom. The molecule has 1 amide bonds. The summed E-state index contributed by atoms with van der Waals surface area (Å²) in [7, 11) is 0. The highest BCUT2D eigenvalue weighted by molar-refractivity contribution is 6.39. The smallest absolute Gasteiger partial charge is 0.287 e. The topological polar surface area (TPSA) is 46.2 Å². The molecule has 2 rings (SSSR count). The van der Waals surface area contributed by atoms with Crippen LogP contribution in [-0.4, -0.2) is 17.7 Å². The fraction of sp³-hybridized carbons (Fsp3) is 0.833. The fourth-order valence-corrected chi connectivity index (χ4v) is 2.73. The molecule has 1 N–H and O–H groups in total. The van der Waals surface area contributed by atoms with Crippen molar-refractivity contribution in [1.82, 2.24) is 5.32 Å². The average Bonchev–Trinajstić information content (AvgIpc) is 2.51. The van der Waals surface area contributed by atoms with Gasteiger partial charge in [0.2, 0.25) is 5.78 Å². The van der Waals surface area contributed by atoms with E-state index in [1.165, 1.54) is 25.7 Å². The lowest BCUT2D eigenvalue weighted by Gasteiger charge is -2.18. The van der Waals surface area contributed by atoms with Crippen LogP contribution in [-0.2, 0) is 9.59 Å². The Morgan fingerprint density at radius 1 is 0.867 bits per heavy atom. The zero-order valence-electron chi connectivity index (χ0n) is 9.13. The zero-order chi connectivity index (χ0) is 10.7. The van der Waals surface area contributed by atoms with E-state index in [0.29, 0.717) is 0 Å². The molecule has 2 aliphatic rings. The summed E-state index contributed by atoms with van der Waals surface area (Å²) < 4.78 is 0. The van der Waals surface area contributed by atoms with E-state index in [1.807, 2.05) is 0 Å². The van der Waals surface area contributed by atoms with Crippen LogP contribution in [0.15, 0.2) is 0 Å². The number of nitrogens with one attached hydrogen (secondary N) is 1. The molecular weight excluding hydrogens is 190 g/mol. The summed E-state index contributed by atoms with van der Waals surface area (Å²) in [5, 5.41) is 2.83. The van der Waals surface area contributed by atoms with Crippen LogP contribution in [0.3, 0.4) is 0 Å². The number of carbonyl (C=O) groups is 2. The third kappa shape index (κ3) is 2.39. The fourth-order valence-electron chi connectivity index (χ4n) is 2.73. The van der Waals surface area contributed by atoms with Gasteiger partial charge in [-0.1, -0.05) is 38.5 Å². The maximum Gasteiger partial charge on any atom is 0.287 e. The van der Waals surface area contributed by atoms with E-state index in [1.54, 1.807) is 0 Å². The van der Waals surface area contributed by atoms with Gasteiger partial charge in [-0.25, -0.2) is 0 Å². The van der Waals surface area contributed by atoms with Crippen LogP contribution in [0, 0.1) is 5.92 Å². The number of amides is 1. The monoisotopic (exact) mass is 209 g/mol. The molecule has 0 aromatic heterocycles. The van der Waals surface area contributed by atoms with E-state index >= 15 is 0 Å². The van der Waals surface area contributed by atoms with E-state index in [-0.39, 0.29) is 23.7 Å². The number of ketones is 1. The van der Waals surface area contributed by atoms with Gasteiger partial charge >= 0.3 is 0 Å². The molecule has 2 unspecified atom stereocenters. The minimum Gasteiger partial charge on any atom is -0.346 e. The first kappa shape index (κ1) is 10.7. The molecule has 1 aliphatic heterocycles. The molecule has 15 heavy (non-hydrogen) atoms. The lowest BCUT2D eigenvalue weighted by atomic mass is 9.88. The Balaban J connectivity index is 2.00. The number of Topliss-reactive ketones (excluding diaryl/α,β-unsaturated/α-hetero) is 1. The van der Waals surface area contributed by atoms with Crippen molar-refractivity contribution in [3.05, 3.63) is 0 Å². The van der Waals surface area contributed by atoms with Gasteiger partial charge < -0.3 is 5.32 Å². The SMILES string of the molecule is O=C1NC2CCCCCCCCC2C1=O. The molecular formula is C12H19NO2. The van der Waals surface area contributed by atoms with Gasteiger partial charge in [0.15, 0.2) is 0 Å². The average molecular weight is 209 g/mol. The lowest BCUT2D eigenvalue weighted by molar-refractivity contribution is -0.136. The van der Waals surface area contributed by atoms with Gasteiger partial charge in [-0.3, -0.25) is 9.59 Å². The second-order valence-corrected chi connectivity index (χ2v) is 4.75. The number of hydrogen-bond acceptors (Lipinski definition) is 2. The van der Waals surface area contributed by atoms with Crippen molar-refractivity contribution in [3.8, 4) is 0 Å². The molecule has 0 aromatic rings. The van der Waals surface area contributed by atoms with E-state index in [4.69, 9.17) is 0 Å². The van der Waals surface area contributed by atoms with Gasteiger partial charge in [0.1, 0.15) is 0 Å². The standard InChI is InChI=1S/C12H19NO2/c14-11-9-7-5-3-1-2-4-6-8-10(9)13-12(11)15/h9-10H,1-8H2,(H,13,15). The summed E-state index contributed by atoms with van der Waals surface area (Å²) in [6, 6.07) is 0.142. The first-order valence-corrected chi connectivity index (χ1v) is 6.14. The molecule has 0 spiro atoms. The first-order chi connectivity index (χ1) is 7.29. The molecule has 1 aliphatic carbocycles. The summed E-state index contributed by atoms with van der Waals surface area (Å²) in [6.07, 6.45) is 9.19. The predicted molar refractivity (Wildman–Crippen MR) is 57.4 cm³/mol. The lowest BCUT2D eigenvalue weighted by Crippen LogP contribution is -2.29.